The molecule has 6 nitrogen and oxygen atoms in total. The van der Waals surface area contributed by atoms with Crippen molar-refractivity contribution in [1.82, 2.24) is 9.97 Å². The summed E-state index contributed by atoms with van der Waals surface area (Å²) < 4.78 is 45.6. The second-order valence-electron chi connectivity index (χ2n) is 10.6. The smallest absolute Gasteiger partial charge is 0.451 e. The van der Waals surface area contributed by atoms with Gasteiger partial charge in [-0.3, -0.25) is 4.79 Å². The van der Waals surface area contributed by atoms with Gasteiger partial charge in [-0.1, -0.05) is 24.8 Å². The largest absolute Gasteiger partial charge is 0.481 e. The number of nitrogens with two attached hydrogens (primary N) is 1. The summed E-state index contributed by atoms with van der Waals surface area (Å²) in [5, 5.41) is 9.12. The van der Waals surface area contributed by atoms with E-state index >= 15 is 0 Å². The van der Waals surface area contributed by atoms with Gasteiger partial charge in [-0.25, -0.2) is 4.98 Å². The van der Waals surface area contributed by atoms with Crippen molar-refractivity contribution in [2.24, 2.45) is 5.92 Å². The Morgan fingerprint density at radius 3 is 2.50 bits per heavy atom. The zero-order valence-electron chi connectivity index (χ0n) is 20.8. The van der Waals surface area contributed by atoms with E-state index in [0.29, 0.717) is 5.57 Å². The van der Waals surface area contributed by atoms with E-state index < -0.39 is 23.6 Å². The average Bonchev–Trinajstić information content (AvgIpc) is 3.14. The maximum atomic E-state index is 13.2. The summed E-state index contributed by atoms with van der Waals surface area (Å²) in [6.45, 7) is 9.19. The van der Waals surface area contributed by atoms with Crippen LogP contribution in [0.2, 0.25) is 0 Å². The van der Waals surface area contributed by atoms with Gasteiger partial charge < -0.3 is 15.6 Å². The fourth-order valence-corrected chi connectivity index (χ4v) is 5.60. The highest BCUT2D eigenvalue weighted by Crippen LogP contribution is 2.51. The molecule has 0 amide bonds. The third kappa shape index (κ3) is 4.92. The molecule has 1 heterocycles. The number of carbonyl (C=O) groups is 1. The Hall–Kier alpha value is -3.10. The number of halogens is 3. The first kappa shape index (κ1) is 26.0. The van der Waals surface area contributed by atoms with E-state index in [9.17, 15) is 18.0 Å². The number of aliphatic carboxylic acids is 1. The highest BCUT2D eigenvalue weighted by atomic mass is 19.4. The van der Waals surface area contributed by atoms with Crippen LogP contribution in [0.1, 0.15) is 80.5 Å². The van der Waals surface area contributed by atoms with Crippen molar-refractivity contribution < 1.29 is 27.8 Å². The number of alkyl halides is 3. The Kier molecular flexibility index (Phi) is 6.56. The molecule has 2 aliphatic rings. The molecule has 2 aliphatic carbocycles. The van der Waals surface area contributed by atoms with E-state index in [4.69, 9.17) is 15.6 Å². The Balaban J connectivity index is 1.54. The number of hydrogen-bond donors (Lipinski definition) is 2. The summed E-state index contributed by atoms with van der Waals surface area (Å²) in [6, 6.07) is 6.22. The number of carboxylic acids is 1. The lowest BCUT2D eigenvalue weighted by Crippen LogP contribution is -2.31. The highest BCUT2D eigenvalue weighted by molar-refractivity contribution is 5.71. The SMILES string of the molecule is C=C(c1ccc2c(c1)CCC21CCC(CC(=O)O)CC1)C(C)(C)Oc1nc(C(F)(F)F)nc(N)c1C. The zero-order chi connectivity index (χ0) is 26.5. The van der Waals surface area contributed by atoms with Crippen LogP contribution in [0.25, 0.3) is 5.57 Å². The van der Waals surface area contributed by atoms with E-state index in [2.05, 4.69) is 28.7 Å². The summed E-state index contributed by atoms with van der Waals surface area (Å²) in [4.78, 5) is 18.0. The number of anilines is 1. The second-order valence-corrected chi connectivity index (χ2v) is 10.6. The van der Waals surface area contributed by atoms with Crippen molar-refractivity contribution in [3.05, 3.63) is 52.9 Å². The zero-order valence-corrected chi connectivity index (χ0v) is 20.8. The monoisotopic (exact) mass is 503 g/mol. The molecule has 0 aliphatic heterocycles. The number of nitrogens with zero attached hydrogens (tertiary/aromatic N) is 2. The van der Waals surface area contributed by atoms with Crippen LogP contribution in [0.3, 0.4) is 0 Å². The van der Waals surface area contributed by atoms with Crippen molar-refractivity contribution in [2.45, 2.75) is 82.9 Å². The molecule has 194 valence electrons. The Morgan fingerprint density at radius 1 is 1.22 bits per heavy atom. The van der Waals surface area contributed by atoms with Crippen molar-refractivity contribution in [3.63, 3.8) is 0 Å². The molecule has 0 unspecified atom stereocenters. The van der Waals surface area contributed by atoms with E-state index in [1.807, 2.05) is 6.07 Å². The summed E-state index contributed by atoms with van der Waals surface area (Å²) in [5.74, 6) is -2.34. The molecule has 0 saturated heterocycles. The van der Waals surface area contributed by atoms with E-state index in [0.717, 1.165) is 44.1 Å². The lowest BCUT2D eigenvalue weighted by atomic mass is 9.66. The maximum Gasteiger partial charge on any atom is 0.451 e. The molecule has 1 spiro atoms. The number of hydrogen-bond acceptors (Lipinski definition) is 5. The van der Waals surface area contributed by atoms with Crippen molar-refractivity contribution in [1.29, 1.82) is 0 Å². The molecule has 0 bridgehead atoms. The summed E-state index contributed by atoms with van der Waals surface area (Å²) in [5.41, 5.74) is 9.00. The molecule has 1 fully saturated rings. The number of aryl methyl sites for hydroxylation is 1. The fraction of sp³-hybridized carbons (Fsp3) is 0.519. The first-order chi connectivity index (χ1) is 16.7. The van der Waals surface area contributed by atoms with Gasteiger partial charge >= 0.3 is 12.1 Å². The van der Waals surface area contributed by atoms with Gasteiger partial charge in [0.15, 0.2) is 0 Å². The lowest BCUT2D eigenvalue weighted by Gasteiger charge is -2.38. The van der Waals surface area contributed by atoms with E-state index in [1.54, 1.807) is 13.8 Å². The molecule has 0 radical (unpaired) electrons. The standard InChI is InChI=1S/C27H32F3N3O3/c1-15-22(31)32-24(27(28,29)30)33-23(15)36-25(3,4)16(2)18-5-6-20-19(14-18)9-12-26(20)10-7-17(8-11-26)13-21(34)35/h5-6,14,17H,2,7-13H2,1,3-4H3,(H,34,35)(H2,31,32,33). The van der Waals surface area contributed by atoms with Crippen molar-refractivity contribution in [2.75, 3.05) is 5.73 Å². The van der Waals surface area contributed by atoms with Crippen LogP contribution in [0.5, 0.6) is 5.88 Å². The number of fused-ring (bicyclic) bond motifs is 2. The summed E-state index contributed by atoms with van der Waals surface area (Å²) in [6.07, 6.45) is 1.27. The molecule has 1 saturated carbocycles. The third-order valence-electron chi connectivity index (χ3n) is 7.89. The second kappa shape index (κ2) is 9.09. The van der Waals surface area contributed by atoms with Crippen LogP contribution in [0.15, 0.2) is 24.8 Å². The molecule has 1 aromatic heterocycles. The number of ether oxygens (including phenoxy) is 1. The predicted molar refractivity (Wildman–Crippen MR) is 131 cm³/mol. The normalized spacial score (nSPS) is 21.9. The lowest BCUT2D eigenvalue weighted by molar-refractivity contribution is -0.145. The molecule has 3 N–H and O–H groups in total. The topological polar surface area (TPSA) is 98.3 Å². The highest BCUT2D eigenvalue weighted by Gasteiger charge is 2.42. The van der Waals surface area contributed by atoms with Gasteiger partial charge in [0.2, 0.25) is 11.7 Å². The number of carboxylic acid groups (broad SMARTS) is 1. The molecule has 36 heavy (non-hydrogen) atoms. The molecular weight excluding hydrogens is 471 g/mol. The number of benzene rings is 1. The molecular formula is C27H32F3N3O3. The predicted octanol–water partition coefficient (Wildman–Crippen LogP) is 6.11. The van der Waals surface area contributed by atoms with E-state index in [1.165, 1.54) is 18.1 Å². The van der Waals surface area contributed by atoms with Gasteiger partial charge in [0, 0.05) is 6.42 Å². The van der Waals surface area contributed by atoms with Crippen LogP contribution >= 0.6 is 0 Å². The van der Waals surface area contributed by atoms with Crippen molar-refractivity contribution >= 4 is 17.4 Å². The first-order valence-electron chi connectivity index (χ1n) is 12.2. The van der Waals surface area contributed by atoms with E-state index in [-0.39, 0.29) is 35.0 Å². The Labute approximate surface area is 208 Å². The molecule has 0 atom stereocenters. The van der Waals surface area contributed by atoms with Gasteiger partial charge in [-0.2, -0.15) is 18.2 Å². The molecule has 4 rings (SSSR count). The van der Waals surface area contributed by atoms with Crippen LogP contribution in [-0.4, -0.2) is 26.6 Å². The van der Waals surface area contributed by atoms with Crippen molar-refractivity contribution in [3.8, 4) is 5.88 Å². The Morgan fingerprint density at radius 2 is 1.89 bits per heavy atom. The quantitative estimate of drug-likeness (QED) is 0.494. The molecule has 1 aromatic carbocycles. The fourth-order valence-electron chi connectivity index (χ4n) is 5.60. The minimum Gasteiger partial charge on any atom is -0.481 e. The van der Waals surface area contributed by atoms with Gasteiger partial charge in [-0.05, 0) is 92.9 Å². The van der Waals surface area contributed by atoms with Gasteiger partial charge in [0.05, 0.1) is 5.56 Å². The first-order valence-corrected chi connectivity index (χ1v) is 12.2. The minimum atomic E-state index is -4.75. The summed E-state index contributed by atoms with van der Waals surface area (Å²) >= 11 is 0. The number of nitrogen functional groups attached to an aromatic ring is 1. The van der Waals surface area contributed by atoms with Gasteiger partial charge in [-0.15, -0.1) is 0 Å². The van der Waals surface area contributed by atoms with Crippen LogP contribution < -0.4 is 10.5 Å². The van der Waals surface area contributed by atoms with Crippen LogP contribution in [0, 0.1) is 12.8 Å². The van der Waals surface area contributed by atoms with Crippen LogP contribution in [0.4, 0.5) is 19.0 Å². The summed E-state index contributed by atoms with van der Waals surface area (Å²) in [7, 11) is 0. The molecule has 2 aromatic rings. The number of aromatic nitrogens is 2. The number of rotatable bonds is 6. The van der Waals surface area contributed by atoms with Crippen LogP contribution in [-0.2, 0) is 22.8 Å². The third-order valence-corrected chi connectivity index (χ3v) is 7.89. The maximum absolute atomic E-state index is 13.2. The van der Waals surface area contributed by atoms with Gasteiger partial charge in [0.25, 0.3) is 0 Å². The van der Waals surface area contributed by atoms with Gasteiger partial charge in [0.1, 0.15) is 11.4 Å². The average molecular weight is 504 g/mol. The molecule has 9 heteroatoms. The minimum absolute atomic E-state index is 0.0970. The Bertz CT molecular complexity index is 1200.